The van der Waals surface area contributed by atoms with Gasteiger partial charge in [0.05, 0.1) is 5.56 Å². The van der Waals surface area contributed by atoms with Gasteiger partial charge in [0.15, 0.2) is 0 Å². The number of carbonyl (C=O) groups excluding carboxylic acids is 3. The van der Waals surface area contributed by atoms with Crippen molar-refractivity contribution >= 4 is 17.7 Å². The van der Waals surface area contributed by atoms with Crippen molar-refractivity contribution < 1.29 is 27.6 Å². The van der Waals surface area contributed by atoms with E-state index in [1.54, 1.807) is 0 Å². The van der Waals surface area contributed by atoms with Crippen LogP contribution in [0.25, 0.3) is 0 Å². The molecule has 0 aliphatic carbocycles. The van der Waals surface area contributed by atoms with E-state index in [1.807, 2.05) is 0 Å². The quantitative estimate of drug-likeness (QED) is 0.674. The van der Waals surface area contributed by atoms with Gasteiger partial charge in [-0.1, -0.05) is 0 Å². The van der Waals surface area contributed by atoms with Crippen LogP contribution in [-0.4, -0.2) is 36.9 Å². The fourth-order valence-corrected chi connectivity index (χ4v) is 1.80. The number of rotatable bonds is 6. The van der Waals surface area contributed by atoms with Crippen molar-refractivity contribution in [3.05, 3.63) is 35.4 Å². The van der Waals surface area contributed by atoms with Crippen LogP contribution >= 0.6 is 0 Å². The summed E-state index contributed by atoms with van der Waals surface area (Å²) in [5.74, 6) is -1.30. The molecule has 3 N–H and O–H groups in total. The fourth-order valence-electron chi connectivity index (χ4n) is 1.80. The second-order valence-corrected chi connectivity index (χ2v) is 5.04. The molecule has 0 heterocycles. The molecule has 0 radical (unpaired) electrons. The molecule has 132 valence electrons. The molecule has 0 aliphatic rings. The lowest BCUT2D eigenvalue weighted by Gasteiger charge is -2.13. The van der Waals surface area contributed by atoms with E-state index < -0.39 is 29.6 Å². The van der Waals surface area contributed by atoms with Gasteiger partial charge in [0.25, 0.3) is 5.91 Å². The predicted molar refractivity (Wildman–Crippen MR) is 80.1 cm³/mol. The molecule has 1 atom stereocenters. The van der Waals surface area contributed by atoms with Gasteiger partial charge >= 0.3 is 6.18 Å². The third kappa shape index (κ3) is 6.27. The normalized spacial score (nSPS) is 12.2. The zero-order valence-electron chi connectivity index (χ0n) is 13.2. The van der Waals surface area contributed by atoms with Crippen LogP contribution in [0.5, 0.6) is 0 Å². The molecule has 0 aromatic heterocycles. The highest BCUT2D eigenvalue weighted by molar-refractivity contribution is 5.94. The van der Waals surface area contributed by atoms with Gasteiger partial charge in [-0.15, -0.1) is 0 Å². The topological polar surface area (TPSA) is 87.3 Å². The summed E-state index contributed by atoms with van der Waals surface area (Å²) in [6.07, 6.45) is -4.45. The Morgan fingerprint density at radius 2 is 1.58 bits per heavy atom. The van der Waals surface area contributed by atoms with Gasteiger partial charge in [-0.25, -0.2) is 0 Å². The minimum Gasteiger partial charge on any atom is -0.353 e. The van der Waals surface area contributed by atoms with Gasteiger partial charge in [0, 0.05) is 25.6 Å². The monoisotopic (exact) mass is 345 g/mol. The summed E-state index contributed by atoms with van der Waals surface area (Å²) >= 11 is 0. The van der Waals surface area contributed by atoms with Crippen molar-refractivity contribution in [3.63, 3.8) is 0 Å². The van der Waals surface area contributed by atoms with Crippen LogP contribution < -0.4 is 16.0 Å². The molecule has 0 spiro atoms. The van der Waals surface area contributed by atoms with Gasteiger partial charge in [-0.05, 0) is 31.2 Å². The number of carbonyl (C=O) groups is 3. The number of alkyl halides is 3. The SMILES string of the molecule is CC(=O)N[C@H](C)C(=O)NCCNC(=O)c1ccc(C(F)(F)F)cc1. The van der Waals surface area contributed by atoms with Crippen molar-refractivity contribution in [1.82, 2.24) is 16.0 Å². The van der Waals surface area contributed by atoms with E-state index in [4.69, 9.17) is 0 Å². The van der Waals surface area contributed by atoms with Crippen LogP contribution in [0, 0.1) is 0 Å². The smallest absolute Gasteiger partial charge is 0.353 e. The predicted octanol–water partition coefficient (Wildman–Crippen LogP) is 1.08. The maximum atomic E-state index is 12.4. The highest BCUT2D eigenvalue weighted by atomic mass is 19.4. The summed E-state index contributed by atoms with van der Waals surface area (Å²) in [6, 6.07) is 3.11. The molecule has 1 aromatic carbocycles. The van der Waals surface area contributed by atoms with Gasteiger partial charge < -0.3 is 16.0 Å². The van der Waals surface area contributed by atoms with Crippen molar-refractivity contribution in [2.75, 3.05) is 13.1 Å². The van der Waals surface area contributed by atoms with E-state index in [0.29, 0.717) is 0 Å². The van der Waals surface area contributed by atoms with Crippen molar-refractivity contribution in [1.29, 1.82) is 0 Å². The van der Waals surface area contributed by atoms with E-state index in [9.17, 15) is 27.6 Å². The zero-order valence-corrected chi connectivity index (χ0v) is 13.2. The highest BCUT2D eigenvalue weighted by Crippen LogP contribution is 2.28. The van der Waals surface area contributed by atoms with Gasteiger partial charge in [0.2, 0.25) is 11.8 Å². The molecule has 24 heavy (non-hydrogen) atoms. The first-order valence-electron chi connectivity index (χ1n) is 7.11. The number of amides is 3. The second kappa shape index (κ2) is 8.32. The minimum atomic E-state index is -4.45. The molecule has 0 aliphatic heterocycles. The fraction of sp³-hybridized carbons (Fsp3) is 0.400. The molecule has 0 fully saturated rings. The van der Waals surface area contributed by atoms with E-state index in [1.165, 1.54) is 13.8 Å². The van der Waals surface area contributed by atoms with Crippen molar-refractivity contribution in [2.24, 2.45) is 0 Å². The second-order valence-electron chi connectivity index (χ2n) is 5.04. The summed E-state index contributed by atoms with van der Waals surface area (Å²) in [4.78, 5) is 34.1. The van der Waals surface area contributed by atoms with E-state index in [0.717, 1.165) is 24.3 Å². The highest BCUT2D eigenvalue weighted by Gasteiger charge is 2.30. The molecule has 3 amide bonds. The third-order valence-corrected chi connectivity index (χ3v) is 3.00. The lowest BCUT2D eigenvalue weighted by atomic mass is 10.1. The Morgan fingerprint density at radius 3 is 2.08 bits per heavy atom. The van der Waals surface area contributed by atoms with E-state index >= 15 is 0 Å². The summed E-state index contributed by atoms with van der Waals surface area (Å²) in [5.41, 5.74) is -0.751. The van der Waals surface area contributed by atoms with E-state index in [2.05, 4.69) is 16.0 Å². The van der Waals surface area contributed by atoms with Crippen molar-refractivity contribution in [3.8, 4) is 0 Å². The first-order valence-corrected chi connectivity index (χ1v) is 7.11. The summed E-state index contributed by atoms with van der Waals surface area (Å²) < 4.78 is 37.3. The molecule has 0 bridgehead atoms. The maximum Gasteiger partial charge on any atom is 0.416 e. The maximum absolute atomic E-state index is 12.4. The Morgan fingerprint density at radius 1 is 1.04 bits per heavy atom. The number of hydrogen-bond donors (Lipinski definition) is 3. The first-order chi connectivity index (χ1) is 11.1. The minimum absolute atomic E-state index is 0.0842. The number of nitrogens with one attached hydrogen (secondary N) is 3. The van der Waals surface area contributed by atoms with Crippen LogP contribution in [0.1, 0.15) is 29.8 Å². The van der Waals surface area contributed by atoms with Gasteiger partial charge in [0.1, 0.15) is 6.04 Å². The lowest BCUT2D eigenvalue weighted by Crippen LogP contribution is -2.46. The van der Waals surface area contributed by atoms with Gasteiger partial charge in [-0.2, -0.15) is 13.2 Å². The standard InChI is InChI=1S/C15H18F3N3O3/c1-9(21-10(2)22)13(23)19-7-8-20-14(24)11-3-5-12(6-4-11)15(16,17)18/h3-6,9H,7-8H2,1-2H3,(H,19,23)(H,20,24)(H,21,22)/t9-/m1/s1. The Labute approximate surface area is 136 Å². The van der Waals surface area contributed by atoms with Crippen molar-refractivity contribution in [2.45, 2.75) is 26.1 Å². The largest absolute Gasteiger partial charge is 0.416 e. The summed E-state index contributed by atoms with van der Waals surface area (Å²) in [5, 5.41) is 7.38. The summed E-state index contributed by atoms with van der Waals surface area (Å²) in [7, 11) is 0. The van der Waals surface area contributed by atoms with Gasteiger partial charge in [-0.3, -0.25) is 14.4 Å². The number of halogens is 3. The average molecular weight is 345 g/mol. The molecule has 0 saturated carbocycles. The molecule has 6 nitrogen and oxygen atoms in total. The lowest BCUT2D eigenvalue weighted by molar-refractivity contribution is -0.137. The number of benzene rings is 1. The van der Waals surface area contributed by atoms with Crippen LogP contribution in [0.4, 0.5) is 13.2 Å². The van der Waals surface area contributed by atoms with Crippen LogP contribution in [0.15, 0.2) is 24.3 Å². The van der Waals surface area contributed by atoms with Crippen LogP contribution in [0.2, 0.25) is 0 Å². The third-order valence-electron chi connectivity index (χ3n) is 3.00. The van der Waals surface area contributed by atoms with E-state index in [-0.39, 0.29) is 24.6 Å². The molecule has 0 unspecified atom stereocenters. The Bertz CT molecular complexity index is 600. The Hall–Kier alpha value is -2.58. The number of hydrogen-bond acceptors (Lipinski definition) is 3. The molecular weight excluding hydrogens is 327 g/mol. The first kappa shape index (κ1) is 19.5. The Kier molecular flexibility index (Phi) is 6.75. The van der Waals surface area contributed by atoms with Crippen LogP contribution in [0.3, 0.4) is 0 Å². The summed E-state index contributed by atoms with van der Waals surface area (Å²) in [6.45, 7) is 3.01. The zero-order chi connectivity index (χ0) is 18.3. The molecule has 1 rings (SSSR count). The molecule has 0 saturated heterocycles. The molecular formula is C15H18F3N3O3. The average Bonchev–Trinajstić information content (AvgIpc) is 2.49. The molecule has 1 aromatic rings. The molecule has 9 heteroatoms. The Balaban J connectivity index is 2.39. The van der Waals surface area contributed by atoms with Crippen LogP contribution in [-0.2, 0) is 15.8 Å².